The molecule has 0 fully saturated rings. The Morgan fingerprint density at radius 1 is 1.25 bits per heavy atom. The van der Waals surface area contributed by atoms with Gasteiger partial charge in [0.15, 0.2) is 9.84 Å². The molecule has 0 radical (unpaired) electrons. The molecule has 1 amide bonds. The van der Waals surface area contributed by atoms with E-state index in [9.17, 15) is 13.2 Å². The van der Waals surface area contributed by atoms with Crippen molar-refractivity contribution >= 4 is 26.6 Å². The van der Waals surface area contributed by atoms with E-state index in [1.165, 1.54) is 4.90 Å². The van der Waals surface area contributed by atoms with Crippen molar-refractivity contribution in [3.8, 4) is 0 Å². The fourth-order valence-electron chi connectivity index (χ4n) is 1.97. The molecule has 1 aromatic carbocycles. The van der Waals surface area contributed by atoms with Crippen LogP contribution in [0, 0.1) is 0 Å². The highest BCUT2D eigenvalue weighted by atomic mass is 32.2. The van der Waals surface area contributed by atoms with Crippen LogP contribution >= 0.6 is 0 Å². The summed E-state index contributed by atoms with van der Waals surface area (Å²) in [6.07, 6.45) is 2.74. The zero-order valence-corrected chi connectivity index (χ0v) is 12.2. The largest absolute Gasteiger partial charge is 0.341 e. The smallest absolute Gasteiger partial charge is 0.237 e. The number of amides is 1. The van der Waals surface area contributed by atoms with Gasteiger partial charge in [-0.1, -0.05) is 18.2 Å². The summed E-state index contributed by atoms with van der Waals surface area (Å²) in [5.41, 5.74) is 1.80. The number of benzene rings is 1. The molecule has 106 valence electrons. The monoisotopic (exact) mass is 292 g/mol. The first kappa shape index (κ1) is 14.5. The summed E-state index contributed by atoms with van der Waals surface area (Å²) in [7, 11) is -1.71. The van der Waals surface area contributed by atoms with Crippen molar-refractivity contribution in [3.05, 3.63) is 42.1 Å². The molecule has 1 aromatic heterocycles. The lowest BCUT2D eigenvalue weighted by atomic mass is 10.1. The normalized spacial score (nSPS) is 11.5. The summed E-state index contributed by atoms with van der Waals surface area (Å²) in [4.78, 5) is 17.5. The van der Waals surface area contributed by atoms with Crippen LogP contribution in [0.15, 0.2) is 36.5 Å². The third-order valence-corrected chi connectivity index (χ3v) is 3.73. The number of sulfone groups is 1. The number of rotatable bonds is 4. The first-order valence-corrected chi connectivity index (χ1v) is 8.17. The number of fused-ring (bicyclic) bond motifs is 1. The molecule has 2 rings (SSSR count). The van der Waals surface area contributed by atoms with E-state index in [4.69, 9.17) is 0 Å². The van der Waals surface area contributed by atoms with Gasteiger partial charge in [0.2, 0.25) is 5.91 Å². The average Bonchev–Trinajstić information content (AvgIpc) is 2.37. The van der Waals surface area contributed by atoms with Crippen LogP contribution < -0.4 is 0 Å². The van der Waals surface area contributed by atoms with E-state index in [0.29, 0.717) is 6.54 Å². The number of carbonyl (C=O) groups is 1. The van der Waals surface area contributed by atoms with Gasteiger partial charge in [0, 0.05) is 31.4 Å². The zero-order valence-electron chi connectivity index (χ0n) is 11.4. The molecule has 0 saturated carbocycles. The molecular weight excluding hydrogens is 276 g/mol. The van der Waals surface area contributed by atoms with E-state index in [1.54, 1.807) is 13.2 Å². The van der Waals surface area contributed by atoms with Crippen LogP contribution in [0.1, 0.15) is 5.56 Å². The Kier molecular flexibility index (Phi) is 4.04. The Bertz CT molecular complexity index is 736. The SMILES string of the molecule is CN(Cc1ccnc2ccccc12)C(=O)CS(C)(=O)=O. The molecule has 6 heteroatoms. The maximum Gasteiger partial charge on any atom is 0.237 e. The van der Waals surface area contributed by atoms with E-state index >= 15 is 0 Å². The summed E-state index contributed by atoms with van der Waals surface area (Å²) in [6, 6.07) is 9.49. The third kappa shape index (κ3) is 3.54. The number of nitrogens with zero attached hydrogens (tertiary/aromatic N) is 2. The maximum atomic E-state index is 11.8. The fraction of sp³-hybridized carbons (Fsp3) is 0.286. The minimum absolute atomic E-state index is 0.359. The van der Waals surface area contributed by atoms with Crippen LogP contribution in [0.25, 0.3) is 10.9 Å². The second kappa shape index (κ2) is 5.58. The molecule has 0 atom stereocenters. The van der Waals surface area contributed by atoms with Crippen molar-refractivity contribution in [1.82, 2.24) is 9.88 Å². The molecule has 0 saturated heterocycles. The summed E-state index contributed by atoms with van der Waals surface area (Å²) in [5, 5.41) is 0.967. The average molecular weight is 292 g/mol. The lowest BCUT2D eigenvalue weighted by Gasteiger charge is -2.17. The molecular formula is C14H16N2O3S. The van der Waals surface area contributed by atoms with Crippen molar-refractivity contribution in [1.29, 1.82) is 0 Å². The Labute approximate surface area is 118 Å². The second-order valence-electron chi connectivity index (χ2n) is 4.81. The van der Waals surface area contributed by atoms with E-state index in [1.807, 2.05) is 30.3 Å². The zero-order chi connectivity index (χ0) is 14.8. The van der Waals surface area contributed by atoms with E-state index in [-0.39, 0.29) is 0 Å². The van der Waals surface area contributed by atoms with Gasteiger partial charge in [0.25, 0.3) is 0 Å². The van der Waals surface area contributed by atoms with Crippen LogP contribution in [0.3, 0.4) is 0 Å². The summed E-state index contributed by atoms with van der Waals surface area (Å²) >= 11 is 0. The summed E-state index contributed by atoms with van der Waals surface area (Å²) in [5.74, 6) is -0.875. The Morgan fingerprint density at radius 3 is 2.65 bits per heavy atom. The molecule has 1 heterocycles. The number of hydrogen-bond donors (Lipinski definition) is 0. The van der Waals surface area contributed by atoms with Crippen LogP contribution in [0.2, 0.25) is 0 Å². The van der Waals surface area contributed by atoms with E-state index < -0.39 is 21.5 Å². The Hall–Kier alpha value is -1.95. The van der Waals surface area contributed by atoms with Crippen LogP contribution in [-0.2, 0) is 21.2 Å². The van der Waals surface area contributed by atoms with Crippen molar-refractivity contribution in [3.63, 3.8) is 0 Å². The topological polar surface area (TPSA) is 67.3 Å². The summed E-state index contributed by atoms with van der Waals surface area (Å²) in [6.45, 7) is 0.359. The van der Waals surface area contributed by atoms with Gasteiger partial charge in [-0.2, -0.15) is 0 Å². The first-order chi connectivity index (χ1) is 9.37. The summed E-state index contributed by atoms with van der Waals surface area (Å²) < 4.78 is 22.3. The van der Waals surface area contributed by atoms with Gasteiger partial charge < -0.3 is 4.90 Å². The lowest BCUT2D eigenvalue weighted by Crippen LogP contribution is -2.31. The van der Waals surface area contributed by atoms with Crippen LogP contribution in [0.5, 0.6) is 0 Å². The molecule has 0 aliphatic rings. The number of aromatic nitrogens is 1. The van der Waals surface area contributed by atoms with Gasteiger partial charge in [-0.15, -0.1) is 0 Å². The fourth-order valence-corrected chi connectivity index (χ4v) is 2.64. The van der Waals surface area contributed by atoms with Crippen molar-refractivity contribution in [2.75, 3.05) is 19.1 Å². The van der Waals surface area contributed by atoms with E-state index in [0.717, 1.165) is 22.7 Å². The van der Waals surface area contributed by atoms with Gasteiger partial charge in [-0.25, -0.2) is 8.42 Å². The van der Waals surface area contributed by atoms with Gasteiger partial charge in [-0.3, -0.25) is 9.78 Å². The molecule has 0 aliphatic heterocycles. The van der Waals surface area contributed by atoms with Crippen LogP contribution in [-0.4, -0.2) is 43.3 Å². The quantitative estimate of drug-likeness (QED) is 0.850. The Balaban J connectivity index is 2.22. The minimum atomic E-state index is -3.31. The predicted molar refractivity (Wildman–Crippen MR) is 77.9 cm³/mol. The molecule has 5 nitrogen and oxygen atoms in total. The molecule has 0 unspecified atom stereocenters. The molecule has 0 bridgehead atoms. The number of pyridine rings is 1. The number of hydrogen-bond acceptors (Lipinski definition) is 4. The first-order valence-electron chi connectivity index (χ1n) is 6.11. The van der Waals surface area contributed by atoms with E-state index in [2.05, 4.69) is 4.98 Å². The lowest BCUT2D eigenvalue weighted by molar-refractivity contribution is -0.127. The maximum absolute atomic E-state index is 11.8. The standard InChI is InChI=1S/C14H16N2O3S/c1-16(14(17)10-20(2,18)19)9-11-7-8-15-13-6-4-3-5-12(11)13/h3-8H,9-10H2,1-2H3. The molecule has 0 N–H and O–H groups in total. The number of carbonyl (C=O) groups excluding carboxylic acids is 1. The van der Waals surface area contributed by atoms with Gasteiger partial charge in [-0.05, 0) is 17.7 Å². The second-order valence-corrected chi connectivity index (χ2v) is 6.95. The highest BCUT2D eigenvalue weighted by Crippen LogP contribution is 2.17. The third-order valence-electron chi connectivity index (χ3n) is 2.96. The molecule has 0 spiro atoms. The minimum Gasteiger partial charge on any atom is -0.341 e. The highest BCUT2D eigenvalue weighted by Gasteiger charge is 2.16. The number of para-hydroxylation sites is 1. The van der Waals surface area contributed by atoms with Gasteiger partial charge in [0.1, 0.15) is 5.75 Å². The Morgan fingerprint density at radius 2 is 1.95 bits per heavy atom. The van der Waals surface area contributed by atoms with Crippen molar-refractivity contribution in [2.45, 2.75) is 6.54 Å². The van der Waals surface area contributed by atoms with Crippen LogP contribution in [0.4, 0.5) is 0 Å². The molecule has 0 aliphatic carbocycles. The molecule has 20 heavy (non-hydrogen) atoms. The highest BCUT2D eigenvalue weighted by molar-refractivity contribution is 7.91. The van der Waals surface area contributed by atoms with Crippen molar-refractivity contribution < 1.29 is 13.2 Å². The predicted octanol–water partition coefficient (Wildman–Crippen LogP) is 1.24. The van der Waals surface area contributed by atoms with Gasteiger partial charge >= 0.3 is 0 Å². The molecule has 2 aromatic rings. The van der Waals surface area contributed by atoms with Gasteiger partial charge in [0.05, 0.1) is 5.52 Å². The van der Waals surface area contributed by atoms with Crippen molar-refractivity contribution in [2.24, 2.45) is 0 Å².